The Morgan fingerprint density at radius 2 is 2.47 bits per heavy atom. The van der Waals surface area contributed by atoms with Crippen LogP contribution in [0.15, 0.2) is 34.8 Å². The molecule has 2 rings (SSSR count). The first kappa shape index (κ1) is 12.1. The Morgan fingerprint density at radius 3 is 3.18 bits per heavy atom. The number of H-pyrrole nitrogens is 1. The minimum atomic E-state index is 0.763. The van der Waals surface area contributed by atoms with Crippen LogP contribution in [0.3, 0.4) is 0 Å². The Labute approximate surface area is 109 Å². The number of aromatic amines is 1. The summed E-state index contributed by atoms with van der Waals surface area (Å²) in [6.45, 7) is 5.85. The van der Waals surface area contributed by atoms with Gasteiger partial charge >= 0.3 is 0 Å². The maximum atomic E-state index is 4.35. The lowest BCUT2D eigenvalue weighted by Gasteiger charge is -1.92. The number of nitrogens with zero attached hydrogens (tertiary/aromatic N) is 2. The molecule has 2 aromatic rings. The predicted molar refractivity (Wildman–Crippen MR) is 75.2 cm³/mol. The van der Waals surface area contributed by atoms with Crippen LogP contribution in [0.5, 0.6) is 0 Å². The molecule has 5 heteroatoms. The molecule has 0 saturated carbocycles. The van der Waals surface area contributed by atoms with Gasteiger partial charge in [-0.15, -0.1) is 16.4 Å². The molecule has 0 unspecified atom stereocenters. The highest BCUT2D eigenvalue weighted by Crippen LogP contribution is 2.16. The molecule has 0 amide bonds. The van der Waals surface area contributed by atoms with E-state index in [1.807, 2.05) is 30.5 Å². The van der Waals surface area contributed by atoms with Crippen molar-refractivity contribution in [2.75, 3.05) is 5.75 Å². The molecule has 0 atom stereocenters. The third kappa shape index (κ3) is 3.87. The number of nitrogens with one attached hydrogen (secondary N) is 1. The van der Waals surface area contributed by atoms with Crippen LogP contribution < -0.4 is 0 Å². The van der Waals surface area contributed by atoms with E-state index in [-0.39, 0.29) is 0 Å². The van der Waals surface area contributed by atoms with Crippen molar-refractivity contribution in [2.24, 2.45) is 0 Å². The topological polar surface area (TPSA) is 41.6 Å². The van der Waals surface area contributed by atoms with Crippen molar-refractivity contribution in [3.63, 3.8) is 0 Å². The van der Waals surface area contributed by atoms with Gasteiger partial charge in [0.15, 0.2) is 0 Å². The minimum Gasteiger partial charge on any atom is -0.259 e. The fourth-order valence-corrected chi connectivity index (χ4v) is 2.40. The Bertz CT molecular complexity index is 512. The first-order chi connectivity index (χ1) is 8.24. The summed E-state index contributed by atoms with van der Waals surface area (Å²) in [4.78, 5) is 5.56. The summed E-state index contributed by atoms with van der Waals surface area (Å²) < 4.78 is 0. The van der Waals surface area contributed by atoms with E-state index in [4.69, 9.17) is 0 Å². The van der Waals surface area contributed by atoms with E-state index in [0.717, 1.165) is 22.3 Å². The first-order valence-corrected chi connectivity index (χ1v) is 7.02. The molecule has 0 spiro atoms. The zero-order chi connectivity index (χ0) is 12.1. The second-order valence-electron chi connectivity index (χ2n) is 3.60. The average molecular weight is 263 g/mol. The van der Waals surface area contributed by atoms with E-state index in [1.54, 1.807) is 23.1 Å². The summed E-state index contributed by atoms with van der Waals surface area (Å²) in [7, 11) is 0. The summed E-state index contributed by atoms with van der Waals surface area (Å²) in [5.41, 5.74) is 1.12. The van der Waals surface area contributed by atoms with Gasteiger partial charge in [-0.05, 0) is 30.5 Å². The Morgan fingerprint density at radius 1 is 1.59 bits per heavy atom. The summed E-state index contributed by atoms with van der Waals surface area (Å²) in [5.74, 6) is 1.63. The Hall–Kier alpha value is -1.33. The third-order valence-electron chi connectivity index (χ3n) is 1.88. The first-order valence-electron chi connectivity index (χ1n) is 5.15. The molecule has 0 saturated heterocycles. The van der Waals surface area contributed by atoms with Gasteiger partial charge in [-0.2, -0.15) is 0 Å². The summed E-state index contributed by atoms with van der Waals surface area (Å²) in [5, 5.41) is 9.84. The van der Waals surface area contributed by atoms with Crippen LogP contribution in [0.4, 0.5) is 0 Å². The van der Waals surface area contributed by atoms with Crippen LogP contribution >= 0.6 is 23.1 Å². The monoisotopic (exact) mass is 263 g/mol. The van der Waals surface area contributed by atoms with Crippen molar-refractivity contribution in [1.82, 2.24) is 15.2 Å². The normalized spacial score (nSPS) is 11.1. The highest BCUT2D eigenvalue weighted by molar-refractivity contribution is 7.99. The van der Waals surface area contributed by atoms with Crippen molar-refractivity contribution >= 4 is 35.3 Å². The van der Waals surface area contributed by atoms with Gasteiger partial charge in [0.2, 0.25) is 5.16 Å². The SMILES string of the molecule is C=C(C)CSc1n[nH]c(/C=C/c2cccs2)n1. The van der Waals surface area contributed by atoms with Gasteiger partial charge in [0.25, 0.3) is 0 Å². The fourth-order valence-electron chi connectivity index (χ4n) is 1.13. The molecule has 0 radical (unpaired) electrons. The van der Waals surface area contributed by atoms with Gasteiger partial charge in [0, 0.05) is 10.6 Å². The second-order valence-corrected chi connectivity index (χ2v) is 5.52. The number of aromatic nitrogens is 3. The number of rotatable bonds is 5. The molecule has 0 bridgehead atoms. The second kappa shape index (κ2) is 5.84. The zero-order valence-electron chi connectivity index (χ0n) is 9.51. The molecular weight excluding hydrogens is 250 g/mol. The van der Waals surface area contributed by atoms with Crippen LogP contribution in [0, 0.1) is 0 Å². The Balaban J connectivity index is 1.96. The molecule has 2 aromatic heterocycles. The number of thioether (sulfide) groups is 1. The lowest BCUT2D eigenvalue weighted by molar-refractivity contribution is 0.973. The quantitative estimate of drug-likeness (QED) is 0.660. The van der Waals surface area contributed by atoms with Crippen molar-refractivity contribution in [1.29, 1.82) is 0 Å². The summed E-state index contributed by atoms with van der Waals surface area (Å²) in [6.07, 6.45) is 3.96. The Kier molecular flexibility index (Phi) is 4.17. The smallest absolute Gasteiger partial charge is 0.209 e. The van der Waals surface area contributed by atoms with Crippen molar-refractivity contribution in [2.45, 2.75) is 12.1 Å². The minimum absolute atomic E-state index is 0.763. The van der Waals surface area contributed by atoms with Gasteiger partial charge in [0.05, 0.1) is 0 Å². The molecule has 1 N–H and O–H groups in total. The number of hydrogen-bond acceptors (Lipinski definition) is 4. The van der Waals surface area contributed by atoms with E-state index in [1.165, 1.54) is 4.88 Å². The number of hydrogen-bond donors (Lipinski definition) is 1. The van der Waals surface area contributed by atoms with Gasteiger partial charge in [-0.1, -0.05) is 30.0 Å². The van der Waals surface area contributed by atoms with Crippen molar-refractivity contribution in [3.05, 3.63) is 40.4 Å². The van der Waals surface area contributed by atoms with E-state index in [9.17, 15) is 0 Å². The van der Waals surface area contributed by atoms with Crippen LogP contribution in [0.2, 0.25) is 0 Å². The molecule has 3 nitrogen and oxygen atoms in total. The van der Waals surface area contributed by atoms with Crippen LogP contribution in [0.25, 0.3) is 12.2 Å². The highest BCUT2D eigenvalue weighted by Gasteiger charge is 2.01. The zero-order valence-corrected chi connectivity index (χ0v) is 11.1. The van der Waals surface area contributed by atoms with E-state index < -0.39 is 0 Å². The van der Waals surface area contributed by atoms with E-state index in [0.29, 0.717) is 0 Å². The van der Waals surface area contributed by atoms with Crippen molar-refractivity contribution in [3.8, 4) is 0 Å². The predicted octanol–water partition coefficient (Wildman–Crippen LogP) is 3.70. The van der Waals surface area contributed by atoms with Crippen molar-refractivity contribution < 1.29 is 0 Å². The highest BCUT2D eigenvalue weighted by atomic mass is 32.2. The van der Waals surface area contributed by atoms with E-state index in [2.05, 4.69) is 27.8 Å². The summed E-state index contributed by atoms with van der Waals surface area (Å²) in [6, 6.07) is 4.09. The molecule has 2 heterocycles. The standard InChI is InChI=1S/C12H13N3S2/c1-9(2)8-17-12-13-11(14-15-12)6-5-10-4-3-7-16-10/h3-7H,1,8H2,2H3,(H,13,14,15)/b6-5+. The largest absolute Gasteiger partial charge is 0.259 e. The van der Waals surface area contributed by atoms with Crippen LogP contribution in [-0.4, -0.2) is 20.9 Å². The fraction of sp³-hybridized carbons (Fsp3) is 0.167. The molecule has 0 fully saturated rings. The summed E-state index contributed by atoms with van der Waals surface area (Å²) >= 11 is 3.29. The maximum absolute atomic E-state index is 4.35. The lowest BCUT2D eigenvalue weighted by Crippen LogP contribution is -1.81. The van der Waals surface area contributed by atoms with Gasteiger partial charge in [-0.3, -0.25) is 5.10 Å². The molecule has 0 aromatic carbocycles. The molecular formula is C12H13N3S2. The number of thiophene rings is 1. The van der Waals surface area contributed by atoms with Gasteiger partial charge in [0.1, 0.15) is 5.82 Å². The lowest BCUT2D eigenvalue weighted by atomic mass is 10.4. The van der Waals surface area contributed by atoms with E-state index >= 15 is 0 Å². The molecule has 0 aliphatic heterocycles. The van der Waals surface area contributed by atoms with Gasteiger partial charge < -0.3 is 0 Å². The van der Waals surface area contributed by atoms with Crippen LogP contribution in [0.1, 0.15) is 17.6 Å². The average Bonchev–Trinajstić information content (AvgIpc) is 2.95. The molecule has 0 aliphatic rings. The third-order valence-corrected chi connectivity index (χ3v) is 3.79. The molecule has 17 heavy (non-hydrogen) atoms. The maximum Gasteiger partial charge on any atom is 0.209 e. The molecule has 0 aliphatic carbocycles. The molecule has 88 valence electrons. The van der Waals surface area contributed by atoms with Gasteiger partial charge in [-0.25, -0.2) is 4.98 Å². The van der Waals surface area contributed by atoms with Crippen LogP contribution in [-0.2, 0) is 0 Å².